The lowest BCUT2D eigenvalue weighted by Gasteiger charge is -2.13. The zero-order valence-corrected chi connectivity index (χ0v) is 10.2. The van der Waals surface area contributed by atoms with Gasteiger partial charge in [-0.05, 0) is 6.42 Å². The van der Waals surface area contributed by atoms with Crippen molar-refractivity contribution in [3.63, 3.8) is 0 Å². The Hall–Kier alpha value is -2.65. The van der Waals surface area contributed by atoms with Crippen molar-refractivity contribution in [1.82, 2.24) is 20.1 Å². The highest BCUT2D eigenvalue weighted by Crippen LogP contribution is 2.00. The molecular formula is C9H14N6O4. The molecule has 3 amide bonds. The summed E-state index contributed by atoms with van der Waals surface area (Å²) in [6.07, 6.45) is 1.01. The topological polar surface area (TPSA) is 152 Å². The van der Waals surface area contributed by atoms with Crippen LogP contribution in [0.25, 0.3) is 0 Å². The van der Waals surface area contributed by atoms with Gasteiger partial charge in [-0.1, -0.05) is 0 Å². The summed E-state index contributed by atoms with van der Waals surface area (Å²) >= 11 is 0. The second-order valence-electron chi connectivity index (χ2n) is 3.70. The van der Waals surface area contributed by atoms with E-state index >= 15 is 0 Å². The molecule has 0 aliphatic carbocycles. The van der Waals surface area contributed by atoms with Crippen molar-refractivity contribution >= 4 is 23.9 Å². The number of carbonyl (C=O) groups is 3. The number of anilines is 1. The van der Waals surface area contributed by atoms with Crippen molar-refractivity contribution in [2.45, 2.75) is 18.9 Å². The summed E-state index contributed by atoms with van der Waals surface area (Å²) in [5.74, 6) is -1.73. The van der Waals surface area contributed by atoms with E-state index in [1.54, 1.807) is 7.05 Å². The number of hydrogen-bond acceptors (Lipinski definition) is 5. The third-order valence-corrected chi connectivity index (χ3v) is 2.22. The van der Waals surface area contributed by atoms with Crippen LogP contribution in [-0.4, -0.2) is 43.8 Å². The van der Waals surface area contributed by atoms with Gasteiger partial charge in [0.2, 0.25) is 11.9 Å². The fourth-order valence-corrected chi connectivity index (χ4v) is 1.25. The third-order valence-electron chi connectivity index (χ3n) is 2.22. The summed E-state index contributed by atoms with van der Waals surface area (Å²) in [5.41, 5.74) is 4.92. The Morgan fingerprint density at radius 1 is 1.53 bits per heavy atom. The number of urea groups is 1. The van der Waals surface area contributed by atoms with Crippen LogP contribution in [0, 0.1) is 0 Å². The summed E-state index contributed by atoms with van der Waals surface area (Å²) in [6.45, 7) is 0. The van der Waals surface area contributed by atoms with Crippen molar-refractivity contribution < 1.29 is 19.5 Å². The van der Waals surface area contributed by atoms with Gasteiger partial charge in [0.25, 0.3) is 0 Å². The molecule has 0 saturated carbocycles. The highest BCUT2D eigenvalue weighted by molar-refractivity contribution is 5.91. The molecule has 1 aromatic rings. The minimum Gasteiger partial charge on any atom is -0.480 e. The number of nitrogens with zero attached hydrogens (tertiary/aromatic N) is 3. The zero-order chi connectivity index (χ0) is 14.4. The fraction of sp³-hybridized carbons (Fsp3) is 0.444. The molecule has 10 heteroatoms. The number of aryl methyl sites for hydroxylation is 1. The molecule has 0 unspecified atom stereocenters. The smallest absolute Gasteiger partial charge is 0.326 e. The first kappa shape index (κ1) is 14.4. The number of hydrogen-bond donors (Lipinski definition) is 4. The molecule has 0 aromatic carbocycles. The summed E-state index contributed by atoms with van der Waals surface area (Å²) in [5, 5.41) is 17.1. The van der Waals surface area contributed by atoms with Crippen LogP contribution in [0.3, 0.4) is 0 Å². The molecule has 1 aromatic heterocycles. The average Bonchev–Trinajstić information content (AvgIpc) is 2.69. The number of carbonyl (C=O) groups excluding carboxylic acids is 2. The summed E-state index contributed by atoms with van der Waals surface area (Å²) < 4.78 is 1.30. The van der Waals surface area contributed by atoms with Gasteiger partial charge in [-0.15, -0.1) is 0 Å². The van der Waals surface area contributed by atoms with Crippen LogP contribution < -0.4 is 16.4 Å². The highest BCUT2D eigenvalue weighted by Gasteiger charge is 2.21. The molecule has 104 valence electrons. The number of aliphatic carboxylic acids is 1. The third kappa shape index (κ3) is 4.61. The first-order valence-electron chi connectivity index (χ1n) is 5.32. The number of primary amides is 1. The van der Waals surface area contributed by atoms with Gasteiger partial charge < -0.3 is 16.2 Å². The Bertz CT molecular complexity index is 485. The van der Waals surface area contributed by atoms with Gasteiger partial charge in [-0.25, -0.2) is 14.3 Å². The molecule has 0 fully saturated rings. The normalized spacial score (nSPS) is 11.6. The van der Waals surface area contributed by atoms with E-state index in [-0.39, 0.29) is 18.8 Å². The lowest BCUT2D eigenvalue weighted by molar-refractivity contribution is -0.139. The van der Waals surface area contributed by atoms with Crippen molar-refractivity contribution in [1.29, 1.82) is 0 Å². The average molecular weight is 270 g/mol. The van der Waals surface area contributed by atoms with Gasteiger partial charge in [0.1, 0.15) is 12.4 Å². The second kappa shape index (κ2) is 6.33. The number of nitrogens with one attached hydrogen (secondary N) is 2. The zero-order valence-electron chi connectivity index (χ0n) is 10.2. The molecule has 5 N–H and O–H groups in total. The summed E-state index contributed by atoms with van der Waals surface area (Å²) in [6, 6.07) is -1.96. The summed E-state index contributed by atoms with van der Waals surface area (Å²) in [4.78, 5) is 36.8. The van der Waals surface area contributed by atoms with Gasteiger partial charge in [0.15, 0.2) is 0 Å². The Kier molecular flexibility index (Phi) is 4.80. The van der Waals surface area contributed by atoms with Gasteiger partial charge in [-0.3, -0.25) is 10.1 Å². The first-order valence-corrected chi connectivity index (χ1v) is 5.32. The summed E-state index contributed by atoms with van der Waals surface area (Å²) in [7, 11) is 1.56. The molecule has 0 aliphatic heterocycles. The molecule has 1 heterocycles. The molecule has 0 spiro atoms. The SMILES string of the molecule is Cn1ncnc1NC(=O)N[C@H](CCC(N)=O)C(=O)O. The van der Waals surface area contributed by atoms with Gasteiger partial charge in [-0.2, -0.15) is 10.1 Å². The van der Waals surface area contributed by atoms with E-state index in [0.717, 1.165) is 0 Å². The van der Waals surface area contributed by atoms with Gasteiger partial charge >= 0.3 is 12.0 Å². The van der Waals surface area contributed by atoms with Crippen molar-refractivity contribution in [2.24, 2.45) is 12.8 Å². The monoisotopic (exact) mass is 270 g/mol. The Morgan fingerprint density at radius 3 is 2.68 bits per heavy atom. The van der Waals surface area contributed by atoms with E-state index in [1.165, 1.54) is 11.0 Å². The minimum atomic E-state index is -1.26. The predicted molar refractivity (Wildman–Crippen MR) is 63.0 cm³/mol. The maximum absolute atomic E-state index is 11.5. The van der Waals surface area contributed by atoms with E-state index in [0.29, 0.717) is 0 Å². The van der Waals surface area contributed by atoms with Crippen molar-refractivity contribution in [3.8, 4) is 0 Å². The molecule has 0 bridgehead atoms. The molecular weight excluding hydrogens is 256 g/mol. The maximum atomic E-state index is 11.5. The fourth-order valence-electron chi connectivity index (χ4n) is 1.25. The molecule has 0 aliphatic rings. The quantitative estimate of drug-likeness (QED) is 0.501. The van der Waals surface area contributed by atoms with Crippen LogP contribution in [0.5, 0.6) is 0 Å². The number of nitrogens with two attached hydrogens (primary N) is 1. The second-order valence-corrected chi connectivity index (χ2v) is 3.70. The van der Waals surface area contributed by atoms with Crippen molar-refractivity contribution in [3.05, 3.63) is 6.33 Å². The van der Waals surface area contributed by atoms with E-state index in [1.807, 2.05) is 0 Å². The van der Waals surface area contributed by atoms with Crippen LogP contribution in [0.2, 0.25) is 0 Å². The number of carboxylic acid groups (broad SMARTS) is 1. The Morgan fingerprint density at radius 2 is 2.21 bits per heavy atom. The van der Waals surface area contributed by atoms with Crippen molar-refractivity contribution in [2.75, 3.05) is 5.32 Å². The largest absolute Gasteiger partial charge is 0.480 e. The van der Waals surface area contributed by atoms with Crippen LogP contribution in [-0.2, 0) is 16.6 Å². The predicted octanol–water partition coefficient (Wildman–Crippen LogP) is -1.34. The molecule has 10 nitrogen and oxygen atoms in total. The minimum absolute atomic E-state index is 0.0864. The molecule has 1 atom stereocenters. The van der Waals surface area contributed by atoms with Crippen LogP contribution in [0.1, 0.15) is 12.8 Å². The highest BCUT2D eigenvalue weighted by atomic mass is 16.4. The van der Waals surface area contributed by atoms with Crippen LogP contribution >= 0.6 is 0 Å². The Balaban J connectivity index is 2.54. The number of carboxylic acids is 1. The molecule has 0 saturated heterocycles. The van der Waals surface area contributed by atoms with Gasteiger partial charge in [0, 0.05) is 13.5 Å². The number of rotatable bonds is 6. The van der Waals surface area contributed by atoms with E-state index in [4.69, 9.17) is 10.8 Å². The van der Waals surface area contributed by atoms with E-state index in [2.05, 4.69) is 20.7 Å². The molecule has 0 radical (unpaired) electrons. The first-order chi connectivity index (χ1) is 8.90. The number of aromatic nitrogens is 3. The molecule has 19 heavy (non-hydrogen) atoms. The van der Waals surface area contributed by atoms with E-state index in [9.17, 15) is 14.4 Å². The molecule has 1 rings (SSSR count). The van der Waals surface area contributed by atoms with E-state index < -0.39 is 23.9 Å². The standard InChI is InChI=1S/C9H14N6O4/c1-15-8(11-4-12-15)14-9(19)13-5(7(17)18)2-3-6(10)16/h4-5H,2-3H2,1H3,(H2,10,16)(H,17,18)(H2,11,12,13,14,19)/t5-/m1/s1. The number of amides is 3. The van der Waals surface area contributed by atoms with Gasteiger partial charge in [0.05, 0.1) is 0 Å². The lowest BCUT2D eigenvalue weighted by Crippen LogP contribution is -2.43. The van der Waals surface area contributed by atoms with Crippen LogP contribution in [0.15, 0.2) is 6.33 Å². The lowest BCUT2D eigenvalue weighted by atomic mass is 10.1. The van der Waals surface area contributed by atoms with Crippen LogP contribution in [0.4, 0.5) is 10.7 Å². The maximum Gasteiger partial charge on any atom is 0.326 e. The Labute approximate surface area is 108 Å².